The van der Waals surface area contributed by atoms with E-state index in [0.717, 1.165) is 23.1 Å². The van der Waals surface area contributed by atoms with E-state index in [4.69, 9.17) is 16.3 Å². The number of hydrogen-bond donors (Lipinski definition) is 1. The SMILES string of the molecule is CC[C@@H](C)[C@@H](C(=O)OCC(=O)Nc1c(C)cc(C)cc1Cl)c1ccccc1. The molecule has 1 amide bonds. The van der Waals surface area contributed by atoms with E-state index in [0.29, 0.717) is 10.7 Å². The van der Waals surface area contributed by atoms with Crippen LogP contribution >= 0.6 is 11.6 Å². The molecule has 0 heterocycles. The molecular formula is C22H26ClNO3. The third kappa shape index (κ3) is 5.57. The Hall–Kier alpha value is -2.33. The highest BCUT2D eigenvalue weighted by Gasteiger charge is 2.27. The Labute approximate surface area is 165 Å². The van der Waals surface area contributed by atoms with Gasteiger partial charge in [-0.2, -0.15) is 0 Å². The summed E-state index contributed by atoms with van der Waals surface area (Å²) >= 11 is 6.21. The smallest absolute Gasteiger partial charge is 0.314 e. The van der Waals surface area contributed by atoms with Gasteiger partial charge in [-0.1, -0.05) is 68.3 Å². The number of carbonyl (C=O) groups excluding carboxylic acids is 2. The van der Waals surface area contributed by atoms with Crippen molar-refractivity contribution < 1.29 is 14.3 Å². The highest BCUT2D eigenvalue weighted by Crippen LogP contribution is 2.29. The van der Waals surface area contributed by atoms with Crippen LogP contribution in [-0.2, 0) is 14.3 Å². The maximum absolute atomic E-state index is 12.7. The molecule has 5 heteroatoms. The number of nitrogens with one attached hydrogen (secondary N) is 1. The van der Waals surface area contributed by atoms with E-state index in [9.17, 15) is 9.59 Å². The standard InChI is InChI=1S/C22H26ClNO3/c1-5-15(3)20(17-9-7-6-8-10-17)22(26)27-13-19(25)24-21-16(4)11-14(2)12-18(21)23/h6-12,15,20H,5,13H2,1-4H3,(H,24,25)/t15-,20-/m1/s1. The van der Waals surface area contributed by atoms with Crippen molar-refractivity contribution in [1.29, 1.82) is 0 Å². The third-order valence-electron chi connectivity index (χ3n) is 4.67. The molecule has 0 fully saturated rings. The van der Waals surface area contributed by atoms with E-state index >= 15 is 0 Å². The molecule has 0 aromatic heterocycles. The van der Waals surface area contributed by atoms with Gasteiger partial charge in [-0.15, -0.1) is 0 Å². The summed E-state index contributed by atoms with van der Waals surface area (Å²) in [6, 6.07) is 13.2. The minimum Gasteiger partial charge on any atom is -0.455 e. The molecule has 0 saturated heterocycles. The van der Waals surface area contributed by atoms with Gasteiger partial charge in [-0.05, 0) is 42.5 Å². The highest BCUT2D eigenvalue weighted by atomic mass is 35.5. The predicted octanol–water partition coefficient (Wildman–Crippen LogP) is 5.27. The summed E-state index contributed by atoms with van der Waals surface area (Å²) in [5.74, 6) is -1.09. The maximum atomic E-state index is 12.7. The molecule has 0 saturated carbocycles. The van der Waals surface area contributed by atoms with Crippen molar-refractivity contribution >= 4 is 29.2 Å². The topological polar surface area (TPSA) is 55.4 Å². The molecule has 2 rings (SSSR count). The van der Waals surface area contributed by atoms with Crippen molar-refractivity contribution in [3.8, 4) is 0 Å². The van der Waals surface area contributed by atoms with Gasteiger partial charge in [0.1, 0.15) is 0 Å². The van der Waals surface area contributed by atoms with Crippen LogP contribution in [0, 0.1) is 19.8 Å². The molecule has 0 aliphatic carbocycles. The molecule has 0 unspecified atom stereocenters. The van der Waals surface area contributed by atoms with Crippen LogP contribution in [0.15, 0.2) is 42.5 Å². The molecule has 4 nitrogen and oxygen atoms in total. The number of ether oxygens (including phenoxy) is 1. The fourth-order valence-corrected chi connectivity index (χ4v) is 3.44. The molecule has 2 aromatic carbocycles. The Morgan fingerprint density at radius 2 is 1.81 bits per heavy atom. The molecule has 0 spiro atoms. The van der Waals surface area contributed by atoms with Crippen LogP contribution in [0.1, 0.15) is 42.9 Å². The van der Waals surface area contributed by atoms with Gasteiger partial charge < -0.3 is 10.1 Å². The van der Waals surface area contributed by atoms with Crippen LogP contribution < -0.4 is 5.32 Å². The number of anilines is 1. The molecule has 0 radical (unpaired) electrons. The van der Waals surface area contributed by atoms with E-state index in [-0.39, 0.29) is 12.5 Å². The lowest BCUT2D eigenvalue weighted by Crippen LogP contribution is -2.27. The Balaban J connectivity index is 2.04. The zero-order valence-corrected chi connectivity index (χ0v) is 17.0. The molecular weight excluding hydrogens is 362 g/mol. The number of esters is 1. The fourth-order valence-electron chi connectivity index (χ4n) is 3.07. The van der Waals surface area contributed by atoms with Crippen LogP contribution in [0.2, 0.25) is 5.02 Å². The van der Waals surface area contributed by atoms with Gasteiger partial charge >= 0.3 is 5.97 Å². The van der Waals surface area contributed by atoms with Crippen molar-refractivity contribution in [3.63, 3.8) is 0 Å². The lowest BCUT2D eigenvalue weighted by atomic mass is 9.86. The first kappa shape index (κ1) is 21.0. The van der Waals surface area contributed by atoms with Crippen molar-refractivity contribution in [2.24, 2.45) is 5.92 Å². The van der Waals surface area contributed by atoms with Crippen LogP contribution in [0.3, 0.4) is 0 Å². The first-order valence-corrected chi connectivity index (χ1v) is 9.49. The van der Waals surface area contributed by atoms with Crippen molar-refractivity contribution in [2.75, 3.05) is 11.9 Å². The molecule has 27 heavy (non-hydrogen) atoms. The van der Waals surface area contributed by atoms with Gasteiger partial charge in [0.15, 0.2) is 6.61 Å². The summed E-state index contributed by atoms with van der Waals surface area (Å²) in [5, 5.41) is 3.20. The lowest BCUT2D eigenvalue weighted by Gasteiger charge is -2.22. The predicted molar refractivity (Wildman–Crippen MR) is 109 cm³/mol. The largest absolute Gasteiger partial charge is 0.455 e. The number of amides is 1. The monoisotopic (exact) mass is 387 g/mol. The van der Waals surface area contributed by atoms with E-state index < -0.39 is 17.8 Å². The summed E-state index contributed by atoms with van der Waals surface area (Å²) in [6.07, 6.45) is 0.832. The summed E-state index contributed by atoms with van der Waals surface area (Å²) in [7, 11) is 0. The maximum Gasteiger partial charge on any atom is 0.314 e. The van der Waals surface area contributed by atoms with Crippen molar-refractivity contribution in [3.05, 3.63) is 64.2 Å². The second kappa shape index (κ2) is 9.56. The Bertz CT molecular complexity index is 781. The van der Waals surface area contributed by atoms with Gasteiger partial charge in [0.05, 0.1) is 16.6 Å². The average Bonchev–Trinajstić information content (AvgIpc) is 2.63. The molecule has 144 valence electrons. The molecule has 1 N–H and O–H groups in total. The third-order valence-corrected chi connectivity index (χ3v) is 4.97. The second-order valence-corrected chi connectivity index (χ2v) is 7.28. The number of carbonyl (C=O) groups is 2. The zero-order valence-electron chi connectivity index (χ0n) is 16.2. The van der Waals surface area contributed by atoms with E-state index in [1.165, 1.54) is 0 Å². The molecule has 0 bridgehead atoms. The first-order valence-electron chi connectivity index (χ1n) is 9.11. The number of aryl methyl sites for hydroxylation is 2. The normalized spacial score (nSPS) is 12.9. The molecule has 2 aromatic rings. The molecule has 0 aliphatic heterocycles. The minimum atomic E-state index is -0.409. The summed E-state index contributed by atoms with van der Waals surface area (Å²) in [5.41, 5.74) is 3.32. The molecule has 2 atom stereocenters. The molecule has 0 aliphatic rings. The van der Waals surface area contributed by atoms with Crippen molar-refractivity contribution in [1.82, 2.24) is 0 Å². The fraction of sp³-hybridized carbons (Fsp3) is 0.364. The van der Waals surface area contributed by atoms with E-state index in [2.05, 4.69) is 5.32 Å². The Morgan fingerprint density at radius 3 is 2.41 bits per heavy atom. The van der Waals surface area contributed by atoms with Crippen LogP contribution in [0.5, 0.6) is 0 Å². The Kier molecular flexibility index (Phi) is 7.43. The van der Waals surface area contributed by atoms with E-state index in [1.54, 1.807) is 6.07 Å². The van der Waals surface area contributed by atoms with Crippen LogP contribution in [0.4, 0.5) is 5.69 Å². The number of halogens is 1. The summed E-state index contributed by atoms with van der Waals surface area (Å²) in [6.45, 7) is 7.50. The van der Waals surface area contributed by atoms with Crippen LogP contribution in [-0.4, -0.2) is 18.5 Å². The van der Waals surface area contributed by atoms with Gasteiger partial charge in [-0.25, -0.2) is 0 Å². The van der Waals surface area contributed by atoms with Crippen LogP contribution in [0.25, 0.3) is 0 Å². The lowest BCUT2D eigenvalue weighted by molar-refractivity contribution is -0.150. The second-order valence-electron chi connectivity index (χ2n) is 6.87. The quantitative estimate of drug-likeness (QED) is 0.658. The zero-order chi connectivity index (χ0) is 20.0. The summed E-state index contributed by atoms with van der Waals surface area (Å²) < 4.78 is 5.32. The summed E-state index contributed by atoms with van der Waals surface area (Å²) in [4.78, 5) is 24.9. The number of hydrogen-bond acceptors (Lipinski definition) is 3. The van der Waals surface area contributed by atoms with Crippen molar-refractivity contribution in [2.45, 2.75) is 40.0 Å². The number of rotatable bonds is 7. The number of benzene rings is 2. The van der Waals surface area contributed by atoms with E-state index in [1.807, 2.05) is 64.1 Å². The van der Waals surface area contributed by atoms with Gasteiger partial charge in [0.25, 0.3) is 5.91 Å². The average molecular weight is 388 g/mol. The van der Waals surface area contributed by atoms with Gasteiger partial charge in [0, 0.05) is 0 Å². The Morgan fingerprint density at radius 1 is 1.15 bits per heavy atom. The van der Waals surface area contributed by atoms with Gasteiger partial charge in [0.2, 0.25) is 0 Å². The highest BCUT2D eigenvalue weighted by molar-refractivity contribution is 6.34. The minimum absolute atomic E-state index is 0.108. The van der Waals surface area contributed by atoms with Gasteiger partial charge in [-0.3, -0.25) is 9.59 Å². The first-order chi connectivity index (χ1) is 12.8.